The van der Waals surface area contributed by atoms with Crippen molar-refractivity contribution in [2.75, 3.05) is 42.7 Å². The van der Waals surface area contributed by atoms with E-state index < -0.39 is 15.8 Å². The first-order chi connectivity index (χ1) is 14.6. The fraction of sp³-hybridized carbons (Fsp3) is 0.263. The van der Waals surface area contributed by atoms with Gasteiger partial charge in [0.2, 0.25) is 0 Å². The summed E-state index contributed by atoms with van der Waals surface area (Å²) in [6.45, 7) is 2.19. The largest absolute Gasteiger partial charge is 0.478 e. The lowest BCUT2D eigenvalue weighted by Crippen LogP contribution is -2.50. The molecule has 1 heterocycles. The maximum absolute atomic E-state index is 11.7. The first-order valence-electron chi connectivity index (χ1n) is 9.11. The molecule has 31 heavy (non-hydrogen) atoms. The smallest absolute Gasteiger partial charge is 0.337 e. The van der Waals surface area contributed by atoms with Crippen molar-refractivity contribution < 1.29 is 18.3 Å². The van der Waals surface area contributed by atoms with Crippen molar-refractivity contribution in [2.45, 2.75) is 4.90 Å². The standard InChI is InChI=1S/C19H19ClN4O5S2/c1-31(28,29)13-3-5-17(16(11-13)22-27)23-6-8-24(9-7-23)19(30)21-12-2-4-14(18(25)26)15(20)10-12/h2-5,10-11H,6-9H2,1H3,(H,21,30)(H,25,26). The minimum absolute atomic E-state index is 0.00762. The number of anilines is 2. The Hall–Kier alpha value is -2.76. The molecule has 0 atom stereocenters. The van der Waals surface area contributed by atoms with Gasteiger partial charge in [0.25, 0.3) is 0 Å². The zero-order valence-electron chi connectivity index (χ0n) is 16.4. The first-order valence-corrected chi connectivity index (χ1v) is 11.8. The molecule has 0 saturated carbocycles. The van der Waals surface area contributed by atoms with Gasteiger partial charge in [-0.3, -0.25) is 0 Å². The summed E-state index contributed by atoms with van der Waals surface area (Å²) < 4.78 is 23.4. The quantitative estimate of drug-likeness (QED) is 0.488. The Morgan fingerprint density at radius 2 is 1.84 bits per heavy atom. The van der Waals surface area contributed by atoms with Crippen LogP contribution in [0.3, 0.4) is 0 Å². The maximum Gasteiger partial charge on any atom is 0.337 e. The summed E-state index contributed by atoms with van der Waals surface area (Å²) in [5.41, 5.74) is 1.22. The van der Waals surface area contributed by atoms with Gasteiger partial charge in [0.1, 0.15) is 5.69 Å². The molecule has 1 fully saturated rings. The van der Waals surface area contributed by atoms with Crippen LogP contribution in [0.15, 0.2) is 46.5 Å². The molecule has 0 amide bonds. The number of rotatable bonds is 5. The van der Waals surface area contributed by atoms with Crippen LogP contribution in [0.5, 0.6) is 0 Å². The fourth-order valence-corrected chi connectivity index (χ4v) is 4.40. The highest BCUT2D eigenvalue weighted by atomic mass is 35.5. The number of aromatic carboxylic acids is 1. The Morgan fingerprint density at radius 1 is 1.16 bits per heavy atom. The Bertz CT molecular complexity index is 1150. The molecule has 3 rings (SSSR count). The van der Waals surface area contributed by atoms with Crippen LogP contribution in [-0.4, -0.2) is 61.9 Å². The fourth-order valence-electron chi connectivity index (χ4n) is 3.19. The van der Waals surface area contributed by atoms with Crippen LogP contribution in [0.2, 0.25) is 5.02 Å². The lowest BCUT2D eigenvalue weighted by atomic mass is 10.2. The van der Waals surface area contributed by atoms with Crippen molar-refractivity contribution in [3.05, 3.63) is 51.9 Å². The van der Waals surface area contributed by atoms with Crippen LogP contribution < -0.4 is 10.2 Å². The predicted molar refractivity (Wildman–Crippen MR) is 123 cm³/mol. The number of nitrogens with zero attached hydrogens (tertiary/aromatic N) is 3. The van der Waals surface area contributed by atoms with Crippen LogP contribution in [0.4, 0.5) is 17.1 Å². The highest BCUT2D eigenvalue weighted by Crippen LogP contribution is 2.32. The summed E-state index contributed by atoms with van der Waals surface area (Å²) >= 11 is 11.4. The maximum atomic E-state index is 11.7. The van der Waals surface area contributed by atoms with Crippen LogP contribution in [0.1, 0.15) is 10.4 Å². The average Bonchev–Trinajstić information content (AvgIpc) is 2.72. The normalized spacial score (nSPS) is 14.3. The van der Waals surface area contributed by atoms with Crippen LogP contribution >= 0.6 is 23.8 Å². The number of nitroso groups, excluding NO2 is 1. The van der Waals surface area contributed by atoms with E-state index in [1.54, 1.807) is 12.1 Å². The Kier molecular flexibility index (Phi) is 6.77. The minimum Gasteiger partial charge on any atom is -0.478 e. The van der Waals surface area contributed by atoms with Crippen molar-refractivity contribution in [2.24, 2.45) is 5.18 Å². The van der Waals surface area contributed by atoms with E-state index in [4.69, 9.17) is 28.9 Å². The van der Waals surface area contributed by atoms with Crippen LogP contribution in [0, 0.1) is 4.91 Å². The molecule has 0 aliphatic carbocycles. The molecule has 9 nitrogen and oxygen atoms in total. The molecule has 0 radical (unpaired) electrons. The van der Waals surface area contributed by atoms with E-state index in [9.17, 15) is 18.1 Å². The molecular formula is C19H19ClN4O5S2. The molecule has 2 aromatic rings. The molecule has 1 aliphatic rings. The second-order valence-corrected chi connectivity index (χ2v) is 9.73. The summed E-state index contributed by atoms with van der Waals surface area (Å²) in [6, 6.07) is 8.82. The Balaban J connectivity index is 1.65. The molecule has 0 aromatic heterocycles. The molecule has 1 aliphatic heterocycles. The molecular weight excluding hydrogens is 464 g/mol. The number of piperazine rings is 1. The van der Waals surface area contributed by atoms with Gasteiger partial charge >= 0.3 is 5.97 Å². The Morgan fingerprint density at radius 3 is 2.39 bits per heavy atom. The van der Waals surface area contributed by atoms with E-state index in [2.05, 4.69) is 10.5 Å². The number of carboxylic acid groups (broad SMARTS) is 1. The number of nitrogens with one attached hydrogen (secondary N) is 1. The van der Waals surface area contributed by atoms with Gasteiger partial charge in [0.05, 0.1) is 21.2 Å². The lowest BCUT2D eigenvalue weighted by Gasteiger charge is -2.37. The lowest BCUT2D eigenvalue weighted by molar-refractivity contribution is 0.0697. The Labute approximate surface area is 189 Å². The summed E-state index contributed by atoms with van der Waals surface area (Å²) in [7, 11) is -3.44. The molecule has 164 valence electrons. The van der Waals surface area contributed by atoms with Crippen molar-refractivity contribution in [1.29, 1.82) is 0 Å². The molecule has 0 bridgehead atoms. The van der Waals surface area contributed by atoms with Crippen molar-refractivity contribution in [1.82, 2.24) is 4.90 Å². The monoisotopic (exact) mass is 482 g/mol. The molecule has 0 unspecified atom stereocenters. The van der Waals surface area contributed by atoms with E-state index in [0.717, 1.165) is 6.26 Å². The molecule has 2 N–H and O–H groups in total. The van der Waals surface area contributed by atoms with Crippen molar-refractivity contribution >= 4 is 61.8 Å². The van der Waals surface area contributed by atoms with E-state index >= 15 is 0 Å². The van der Waals surface area contributed by atoms with Gasteiger partial charge in [-0.15, -0.1) is 4.91 Å². The van der Waals surface area contributed by atoms with E-state index in [0.29, 0.717) is 42.7 Å². The number of hydrogen-bond donors (Lipinski definition) is 2. The highest BCUT2D eigenvalue weighted by molar-refractivity contribution is 7.90. The molecule has 12 heteroatoms. The van der Waals surface area contributed by atoms with E-state index in [-0.39, 0.29) is 21.2 Å². The number of hydrogen-bond acceptors (Lipinski definition) is 7. The molecule has 1 saturated heterocycles. The summed E-state index contributed by atoms with van der Waals surface area (Å²) in [5.74, 6) is -1.11. The van der Waals surface area contributed by atoms with Gasteiger partial charge in [-0.25, -0.2) is 13.2 Å². The van der Waals surface area contributed by atoms with Gasteiger partial charge in [-0.2, -0.15) is 0 Å². The number of sulfone groups is 1. The molecule has 0 spiro atoms. The topological polar surface area (TPSA) is 119 Å². The summed E-state index contributed by atoms with van der Waals surface area (Å²) in [6.07, 6.45) is 1.08. The van der Waals surface area contributed by atoms with Gasteiger partial charge in [0.15, 0.2) is 14.9 Å². The third kappa shape index (κ3) is 5.30. The van der Waals surface area contributed by atoms with E-state index in [1.807, 2.05) is 9.80 Å². The van der Waals surface area contributed by atoms with Crippen molar-refractivity contribution in [3.8, 4) is 0 Å². The van der Waals surface area contributed by atoms with Crippen LogP contribution in [0.25, 0.3) is 0 Å². The second-order valence-electron chi connectivity index (χ2n) is 6.92. The number of carbonyl (C=O) groups is 1. The van der Waals surface area contributed by atoms with Gasteiger partial charge in [0, 0.05) is 38.1 Å². The SMILES string of the molecule is CS(=O)(=O)c1ccc(N2CCN(C(=S)Nc3ccc(C(=O)O)c(Cl)c3)CC2)c(N=O)c1. The predicted octanol–water partition coefficient (Wildman–Crippen LogP) is 3.36. The number of halogens is 1. The van der Waals surface area contributed by atoms with Gasteiger partial charge in [-0.05, 0) is 53.8 Å². The highest BCUT2D eigenvalue weighted by Gasteiger charge is 2.23. The zero-order chi connectivity index (χ0) is 22.8. The number of benzene rings is 2. The molecule has 2 aromatic carbocycles. The summed E-state index contributed by atoms with van der Waals surface area (Å²) in [4.78, 5) is 26.2. The zero-order valence-corrected chi connectivity index (χ0v) is 18.8. The average molecular weight is 483 g/mol. The number of thiocarbonyl (C=S) groups is 1. The number of carboxylic acids is 1. The third-order valence-electron chi connectivity index (χ3n) is 4.83. The third-order valence-corrected chi connectivity index (χ3v) is 6.61. The van der Waals surface area contributed by atoms with Gasteiger partial charge < -0.3 is 20.2 Å². The van der Waals surface area contributed by atoms with Gasteiger partial charge in [-0.1, -0.05) is 11.6 Å². The van der Waals surface area contributed by atoms with Crippen LogP contribution in [-0.2, 0) is 9.84 Å². The van der Waals surface area contributed by atoms with Crippen molar-refractivity contribution in [3.63, 3.8) is 0 Å². The minimum atomic E-state index is -3.44. The van der Waals surface area contributed by atoms with E-state index in [1.165, 1.54) is 24.3 Å². The first kappa shape index (κ1) is 22.9. The summed E-state index contributed by atoms with van der Waals surface area (Å²) in [5, 5.41) is 15.7. The second kappa shape index (κ2) is 9.16.